The van der Waals surface area contributed by atoms with Crippen molar-refractivity contribution in [3.63, 3.8) is 0 Å². The Balaban J connectivity index is 1.65. The second-order valence-electron chi connectivity index (χ2n) is 6.13. The molecule has 0 aliphatic carbocycles. The van der Waals surface area contributed by atoms with E-state index in [0.717, 1.165) is 35.2 Å². The third-order valence-corrected chi connectivity index (χ3v) is 4.46. The molecule has 24 heavy (non-hydrogen) atoms. The number of ether oxygens (including phenoxy) is 1. The Morgan fingerprint density at radius 2 is 2.21 bits per heavy atom. The minimum absolute atomic E-state index is 0.678. The molecule has 0 saturated carbocycles. The largest absolute Gasteiger partial charge is 0.474 e. The lowest BCUT2D eigenvalue weighted by molar-refractivity contribution is 0.357. The number of fused-ring (bicyclic) bond motifs is 2. The average Bonchev–Trinajstić information content (AvgIpc) is 3.29. The van der Waals surface area contributed by atoms with Crippen molar-refractivity contribution in [2.24, 2.45) is 0 Å². The van der Waals surface area contributed by atoms with Crippen LogP contribution in [0.25, 0.3) is 17.3 Å². The highest BCUT2D eigenvalue weighted by Gasteiger charge is 2.29. The molecule has 0 spiro atoms. The molecule has 5 rings (SSSR count). The van der Waals surface area contributed by atoms with Gasteiger partial charge in [0.25, 0.3) is 0 Å². The van der Waals surface area contributed by atoms with Crippen molar-refractivity contribution in [2.75, 3.05) is 11.5 Å². The van der Waals surface area contributed by atoms with Gasteiger partial charge in [-0.25, -0.2) is 9.67 Å². The number of anilines is 1. The van der Waals surface area contributed by atoms with E-state index >= 15 is 0 Å². The molecular weight excluding hydrogens is 302 g/mol. The lowest BCUT2D eigenvalue weighted by Gasteiger charge is -2.25. The Morgan fingerprint density at radius 1 is 1.25 bits per heavy atom. The normalized spacial score (nSPS) is 15.3. The van der Waals surface area contributed by atoms with Crippen molar-refractivity contribution in [2.45, 2.75) is 20.1 Å². The fourth-order valence-electron chi connectivity index (χ4n) is 3.32. The van der Waals surface area contributed by atoms with Gasteiger partial charge in [-0.1, -0.05) is 23.8 Å². The monoisotopic (exact) mass is 319 g/mol. The lowest BCUT2D eigenvalue weighted by Crippen LogP contribution is -2.24. The van der Waals surface area contributed by atoms with Crippen LogP contribution in [-0.4, -0.2) is 25.9 Å². The molecule has 0 fully saturated rings. The maximum Gasteiger partial charge on any atom is 0.237 e. The summed E-state index contributed by atoms with van der Waals surface area (Å²) in [6.45, 7) is 4.27. The van der Waals surface area contributed by atoms with Gasteiger partial charge in [0.15, 0.2) is 0 Å². The number of imidazole rings is 1. The molecule has 6 heteroatoms. The molecule has 120 valence electrons. The fourth-order valence-corrected chi connectivity index (χ4v) is 3.32. The van der Waals surface area contributed by atoms with Crippen LogP contribution in [0.1, 0.15) is 11.4 Å². The maximum absolute atomic E-state index is 5.88. The van der Waals surface area contributed by atoms with Crippen LogP contribution in [0, 0.1) is 6.92 Å². The molecule has 2 aromatic heterocycles. The highest BCUT2D eigenvalue weighted by atomic mass is 16.5. The van der Waals surface area contributed by atoms with E-state index in [1.54, 1.807) is 0 Å². The highest BCUT2D eigenvalue weighted by molar-refractivity contribution is 5.81. The van der Waals surface area contributed by atoms with Crippen LogP contribution in [0.15, 0.2) is 42.9 Å². The minimum Gasteiger partial charge on any atom is -0.474 e. The van der Waals surface area contributed by atoms with Gasteiger partial charge in [-0.15, -0.1) is 0 Å². The van der Waals surface area contributed by atoms with E-state index in [2.05, 4.69) is 51.8 Å². The number of aromatic nitrogens is 4. The summed E-state index contributed by atoms with van der Waals surface area (Å²) >= 11 is 0. The minimum atomic E-state index is 0.678. The molecule has 3 aromatic rings. The number of rotatable bonds is 2. The van der Waals surface area contributed by atoms with Crippen LogP contribution in [0.3, 0.4) is 0 Å². The molecule has 2 aliphatic rings. The smallest absolute Gasteiger partial charge is 0.237 e. The van der Waals surface area contributed by atoms with Crippen molar-refractivity contribution < 1.29 is 4.74 Å². The van der Waals surface area contributed by atoms with Crippen molar-refractivity contribution in [3.05, 3.63) is 54.2 Å². The van der Waals surface area contributed by atoms with E-state index in [1.807, 2.05) is 23.2 Å². The van der Waals surface area contributed by atoms with Gasteiger partial charge in [0.1, 0.15) is 30.5 Å². The molecular formula is C18H17N5O. The number of aryl methyl sites for hydroxylation is 1. The summed E-state index contributed by atoms with van der Waals surface area (Å²) in [4.78, 5) is 6.51. The molecule has 2 aliphatic heterocycles. The number of hydrogen-bond donors (Lipinski definition) is 0. The van der Waals surface area contributed by atoms with Gasteiger partial charge in [-0.3, -0.25) is 0 Å². The predicted molar refractivity (Wildman–Crippen MR) is 91.6 cm³/mol. The van der Waals surface area contributed by atoms with E-state index in [9.17, 15) is 0 Å². The summed E-state index contributed by atoms with van der Waals surface area (Å²) in [5.41, 5.74) is 4.31. The van der Waals surface area contributed by atoms with Crippen molar-refractivity contribution in [1.82, 2.24) is 19.3 Å². The molecule has 1 aromatic carbocycles. The Labute approximate surface area is 139 Å². The maximum atomic E-state index is 5.88. The Bertz CT molecular complexity index is 952. The molecule has 0 amide bonds. The second-order valence-corrected chi connectivity index (χ2v) is 6.13. The molecule has 0 bridgehead atoms. The average molecular weight is 319 g/mol. The predicted octanol–water partition coefficient (Wildman–Crippen LogP) is 2.90. The molecule has 0 saturated heterocycles. The van der Waals surface area contributed by atoms with E-state index in [1.165, 1.54) is 5.56 Å². The quantitative estimate of drug-likeness (QED) is 0.729. The zero-order valence-corrected chi connectivity index (χ0v) is 13.4. The third-order valence-electron chi connectivity index (χ3n) is 4.46. The van der Waals surface area contributed by atoms with E-state index < -0.39 is 0 Å². The number of nitrogens with zero attached hydrogens (tertiary/aromatic N) is 5. The summed E-state index contributed by atoms with van der Waals surface area (Å²) < 4.78 is 9.96. The lowest BCUT2D eigenvalue weighted by atomic mass is 10.1. The Hall–Kier alpha value is -3.02. The first-order valence-electron chi connectivity index (χ1n) is 8.06. The van der Waals surface area contributed by atoms with Gasteiger partial charge in [0.2, 0.25) is 5.88 Å². The zero-order valence-electron chi connectivity index (χ0n) is 13.4. The van der Waals surface area contributed by atoms with Crippen LogP contribution in [-0.2, 0) is 13.2 Å². The molecule has 0 N–H and O–H groups in total. The molecule has 0 atom stereocenters. The summed E-state index contributed by atoms with van der Waals surface area (Å²) in [5.74, 6) is 1.81. The topological polar surface area (TPSA) is 48.1 Å². The van der Waals surface area contributed by atoms with Gasteiger partial charge in [-0.2, -0.15) is 5.10 Å². The number of benzene rings is 1. The van der Waals surface area contributed by atoms with Gasteiger partial charge in [0.05, 0.1) is 6.54 Å². The van der Waals surface area contributed by atoms with Crippen LogP contribution < -0.4 is 9.64 Å². The molecule has 0 radical (unpaired) electrons. The Morgan fingerprint density at radius 3 is 3.12 bits per heavy atom. The highest BCUT2D eigenvalue weighted by Crippen LogP contribution is 2.42. The van der Waals surface area contributed by atoms with Gasteiger partial charge in [0, 0.05) is 24.2 Å². The summed E-state index contributed by atoms with van der Waals surface area (Å²) in [5, 5.41) is 4.81. The van der Waals surface area contributed by atoms with Crippen LogP contribution in [0.4, 0.5) is 5.69 Å². The third kappa shape index (κ3) is 1.96. The first-order chi connectivity index (χ1) is 11.8. The van der Waals surface area contributed by atoms with E-state index in [0.29, 0.717) is 13.3 Å². The van der Waals surface area contributed by atoms with Crippen LogP contribution >= 0.6 is 0 Å². The second kappa shape index (κ2) is 4.99. The summed E-state index contributed by atoms with van der Waals surface area (Å²) in [6, 6.07) is 8.44. The first kappa shape index (κ1) is 13.4. The van der Waals surface area contributed by atoms with E-state index in [4.69, 9.17) is 9.84 Å². The molecule has 4 heterocycles. The van der Waals surface area contributed by atoms with Crippen molar-refractivity contribution in [1.29, 1.82) is 0 Å². The van der Waals surface area contributed by atoms with E-state index in [-0.39, 0.29) is 0 Å². The molecule has 0 unspecified atom stereocenters. The van der Waals surface area contributed by atoms with Crippen LogP contribution in [0.2, 0.25) is 0 Å². The van der Waals surface area contributed by atoms with Crippen molar-refractivity contribution >= 4 is 11.8 Å². The Kier molecular flexibility index (Phi) is 2.79. The SMILES string of the molecule is Cc1cccc(-c2nn3c(c2N2C=Cc4nccn4C2)OCC3)c1. The summed E-state index contributed by atoms with van der Waals surface area (Å²) in [7, 11) is 0. The van der Waals surface area contributed by atoms with Gasteiger partial charge in [-0.05, 0) is 19.1 Å². The van der Waals surface area contributed by atoms with Crippen LogP contribution in [0.5, 0.6) is 5.88 Å². The van der Waals surface area contributed by atoms with Gasteiger partial charge >= 0.3 is 0 Å². The van der Waals surface area contributed by atoms with Crippen molar-refractivity contribution in [3.8, 4) is 17.1 Å². The zero-order chi connectivity index (χ0) is 16.1. The summed E-state index contributed by atoms with van der Waals surface area (Å²) in [6.07, 6.45) is 7.88. The first-order valence-corrected chi connectivity index (χ1v) is 8.06. The number of hydrogen-bond acceptors (Lipinski definition) is 4. The van der Waals surface area contributed by atoms with Gasteiger partial charge < -0.3 is 14.2 Å². The fraction of sp³-hybridized carbons (Fsp3) is 0.222. The molecule has 6 nitrogen and oxygen atoms in total. The standard InChI is InChI=1S/C18H17N5O/c1-13-3-2-4-14(11-13)16-17(18-23(20-16)9-10-24-18)22-7-5-15-19-6-8-21(15)12-22/h2-8,11H,9-10,12H2,1H3.